The maximum absolute atomic E-state index is 12.9. The second kappa shape index (κ2) is 8.86. The lowest BCUT2D eigenvalue weighted by Gasteiger charge is -2.19. The molecule has 0 aliphatic carbocycles. The van der Waals surface area contributed by atoms with E-state index in [9.17, 15) is 9.59 Å². The van der Waals surface area contributed by atoms with Gasteiger partial charge in [0.05, 0.1) is 6.61 Å². The van der Waals surface area contributed by atoms with Crippen molar-refractivity contribution in [1.29, 1.82) is 0 Å². The summed E-state index contributed by atoms with van der Waals surface area (Å²) < 4.78 is 16.7. The maximum atomic E-state index is 12.9. The molecule has 5 rings (SSSR count). The number of hydrogen-bond donors (Lipinski definition) is 2. The third-order valence-electron chi connectivity index (χ3n) is 5.72. The molecule has 33 heavy (non-hydrogen) atoms. The third kappa shape index (κ3) is 4.48. The fourth-order valence-corrected chi connectivity index (χ4v) is 3.92. The molecule has 0 unspecified atom stereocenters. The molecule has 168 valence electrons. The SMILES string of the molecule is Cc1ccc(NC(=O)c2ccc3c(c2)OCCO3)cc1NC(=O)c1ccc2c(c1)CCCO2. The van der Waals surface area contributed by atoms with Gasteiger partial charge >= 0.3 is 0 Å². The van der Waals surface area contributed by atoms with Crippen LogP contribution in [0.25, 0.3) is 0 Å². The molecule has 0 radical (unpaired) electrons. The molecule has 7 nitrogen and oxygen atoms in total. The van der Waals surface area contributed by atoms with E-state index in [2.05, 4.69) is 10.6 Å². The number of carbonyl (C=O) groups excluding carboxylic acids is 2. The zero-order valence-electron chi connectivity index (χ0n) is 18.3. The second-order valence-corrected chi connectivity index (χ2v) is 8.07. The number of anilines is 2. The predicted molar refractivity (Wildman–Crippen MR) is 125 cm³/mol. The summed E-state index contributed by atoms with van der Waals surface area (Å²) in [5, 5.41) is 5.84. The molecule has 2 heterocycles. The first-order valence-corrected chi connectivity index (χ1v) is 11.0. The van der Waals surface area contributed by atoms with E-state index in [1.54, 1.807) is 36.4 Å². The molecule has 3 aromatic carbocycles. The average Bonchev–Trinajstić information content (AvgIpc) is 2.85. The Bertz CT molecular complexity index is 1240. The first-order chi connectivity index (χ1) is 16.1. The molecule has 2 aliphatic heterocycles. The van der Waals surface area contributed by atoms with Crippen LogP contribution in [0.3, 0.4) is 0 Å². The Labute approximate surface area is 191 Å². The van der Waals surface area contributed by atoms with E-state index < -0.39 is 0 Å². The van der Waals surface area contributed by atoms with Crippen LogP contribution in [0.5, 0.6) is 17.2 Å². The minimum Gasteiger partial charge on any atom is -0.493 e. The van der Waals surface area contributed by atoms with Crippen LogP contribution in [0, 0.1) is 6.92 Å². The summed E-state index contributed by atoms with van der Waals surface area (Å²) in [7, 11) is 0. The molecular weight excluding hydrogens is 420 g/mol. The van der Waals surface area contributed by atoms with Crippen molar-refractivity contribution in [2.75, 3.05) is 30.5 Å². The van der Waals surface area contributed by atoms with Gasteiger partial charge in [0.1, 0.15) is 19.0 Å². The van der Waals surface area contributed by atoms with Crippen molar-refractivity contribution in [3.8, 4) is 17.2 Å². The van der Waals surface area contributed by atoms with Crippen LogP contribution in [0.15, 0.2) is 54.6 Å². The van der Waals surface area contributed by atoms with Crippen molar-refractivity contribution in [2.45, 2.75) is 19.8 Å². The van der Waals surface area contributed by atoms with E-state index >= 15 is 0 Å². The number of ether oxygens (including phenoxy) is 3. The topological polar surface area (TPSA) is 85.9 Å². The van der Waals surface area contributed by atoms with Gasteiger partial charge in [0.15, 0.2) is 11.5 Å². The standard InChI is InChI=1S/C26H24N2O5/c1-16-4-7-20(27-25(29)19-6-9-23-24(14-19)33-12-11-32-23)15-21(16)28-26(30)18-5-8-22-17(13-18)3-2-10-31-22/h4-9,13-15H,2-3,10-12H2,1H3,(H,27,29)(H,28,30). The van der Waals surface area contributed by atoms with E-state index in [-0.39, 0.29) is 11.8 Å². The lowest BCUT2D eigenvalue weighted by Crippen LogP contribution is -2.17. The molecule has 7 heteroatoms. The van der Waals surface area contributed by atoms with Gasteiger partial charge in [-0.15, -0.1) is 0 Å². The summed E-state index contributed by atoms with van der Waals surface area (Å²) in [6.07, 6.45) is 1.85. The quantitative estimate of drug-likeness (QED) is 0.615. The molecule has 0 fully saturated rings. The molecule has 3 aromatic rings. The Hall–Kier alpha value is -4.00. The maximum Gasteiger partial charge on any atom is 0.255 e. The predicted octanol–water partition coefficient (Wildman–Crippen LogP) is 4.60. The number of rotatable bonds is 4. The van der Waals surface area contributed by atoms with Crippen LogP contribution in [0.1, 0.15) is 38.3 Å². The summed E-state index contributed by atoms with van der Waals surface area (Å²) in [6, 6.07) is 16.0. The monoisotopic (exact) mass is 444 g/mol. The fourth-order valence-electron chi connectivity index (χ4n) is 3.92. The van der Waals surface area contributed by atoms with Crippen molar-refractivity contribution in [3.05, 3.63) is 76.9 Å². The summed E-state index contributed by atoms with van der Waals surface area (Å²) in [5.41, 5.74) is 4.18. The summed E-state index contributed by atoms with van der Waals surface area (Å²) in [5.74, 6) is 1.55. The number of aryl methyl sites for hydroxylation is 2. The van der Waals surface area contributed by atoms with Gasteiger partial charge in [-0.2, -0.15) is 0 Å². The first kappa shape index (κ1) is 20.9. The Morgan fingerprint density at radius 1 is 0.727 bits per heavy atom. The van der Waals surface area contributed by atoms with Gasteiger partial charge in [-0.3, -0.25) is 9.59 Å². The van der Waals surface area contributed by atoms with Crippen LogP contribution in [0.4, 0.5) is 11.4 Å². The van der Waals surface area contributed by atoms with Crippen molar-refractivity contribution in [2.24, 2.45) is 0 Å². The molecule has 0 aromatic heterocycles. The average molecular weight is 444 g/mol. The zero-order valence-corrected chi connectivity index (χ0v) is 18.3. The minimum atomic E-state index is -0.275. The minimum absolute atomic E-state index is 0.207. The Morgan fingerprint density at radius 3 is 2.27 bits per heavy atom. The molecule has 0 saturated heterocycles. The highest BCUT2D eigenvalue weighted by atomic mass is 16.6. The van der Waals surface area contributed by atoms with E-state index in [1.165, 1.54) is 0 Å². The lowest BCUT2D eigenvalue weighted by molar-refractivity contribution is 0.101. The van der Waals surface area contributed by atoms with Crippen LogP contribution in [-0.4, -0.2) is 31.6 Å². The molecule has 0 bridgehead atoms. The molecular formula is C26H24N2O5. The van der Waals surface area contributed by atoms with Crippen LogP contribution < -0.4 is 24.8 Å². The summed E-state index contributed by atoms with van der Waals surface area (Å²) in [4.78, 5) is 25.6. The van der Waals surface area contributed by atoms with Gasteiger partial charge in [-0.1, -0.05) is 6.07 Å². The number of nitrogens with one attached hydrogen (secondary N) is 2. The third-order valence-corrected chi connectivity index (χ3v) is 5.72. The Morgan fingerprint density at radius 2 is 1.42 bits per heavy atom. The lowest BCUT2D eigenvalue weighted by atomic mass is 10.0. The summed E-state index contributed by atoms with van der Waals surface area (Å²) >= 11 is 0. The molecule has 0 spiro atoms. The van der Waals surface area contributed by atoms with E-state index in [1.807, 2.05) is 25.1 Å². The normalized spacial score (nSPS) is 14.0. The number of carbonyl (C=O) groups is 2. The summed E-state index contributed by atoms with van der Waals surface area (Å²) in [6.45, 7) is 3.57. The largest absolute Gasteiger partial charge is 0.493 e. The zero-order chi connectivity index (χ0) is 22.8. The van der Waals surface area contributed by atoms with Crippen molar-refractivity contribution >= 4 is 23.2 Å². The number of amides is 2. The molecule has 2 amide bonds. The van der Waals surface area contributed by atoms with Gasteiger partial charge in [0.25, 0.3) is 11.8 Å². The van der Waals surface area contributed by atoms with Crippen LogP contribution in [-0.2, 0) is 6.42 Å². The highest BCUT2D eigenvalue weighted by molar-refractivity contribution is 6.07. The first-order valence-electron chi connectivity index (χ1n) is 11.0. The Balaban J connectivity index is 1.31. The van der Waals surface area contributed by atoms with E-state index in [0.717, 1.165) is 29.7 Å². The molecule has 0 saturated carbocycles. The van der Waals surface area contributed by atoms with Gasteiger partial charge in [0, 0.05) is 22.5 Å². The second-order valence-electron chi connectivity index (χ2n) is 8.07. The highest BCUT2D eigenvalue weighted by Crippen LogP contribution is 2.31. The van der Waals surface area contributed by atoms with Gasteiger partial charge < -0.3 is 24.8 Å². The van der Waals surface area contributed by atoms with Crippen molar-refractivity contribution in [1.82, 2.24) is 0 Å². The number of benzene rings is 3. The van der Waals surface area contributed by atoms with Crippen molar-refractivity contribution < 1.29 is 23.8 Å². The number of hydrogen-bond acceptors (Lipinski definition) is 5. The van der Waals surface area contributed by atoms with Gasteiger partial charge in [0.2, 0.25) is 0 Å². The molecule has 2 N–H and O–H groups in total. The van der Waals surface area contributed by atoms with Crippen molar-refractivity contribution in [3.63, 3.8) is 0 Å². The molecule has 2 aliphatic rings. The van der Waals surface area contributed by atoms with Gasteiger partial charge in [-0.05, 0) is 79.4 Å². The van der Waals surface area contributed by atoms with Gasteiger partial charge in [-0.25, -0.2) is 0 Å². The smallest absolute Gasteiger partial charge is 0.255 e. The Kier molecular flexibility index (Phi) is 5.60. The van der Waals surface area contributed by atoms with Crippen LogP contribution >= 0.6 is 0 Å². The van der Waals surface area contributed by atoms with E-state index in [0.29, 0.717) is 53.8 Å². The highest BCUT2D eigenvalue weighted by Gasteiger charge is 2.17. The number of fused-ring (bicyclic) bond motifs is 2. The fraction of sp³-hybridized carbons (Fsp3) is 0.231. The van der Waals surface area contributed by atoms with Crippen LogP contribution in [0.2, 0.25) is 0 Å². The van der Waals surface area contributed by atoms with E-state index in [4.69, 9.17) is 14.2 Å². The molecule has 0 atom stereocenters.